The number of rotatable bonds is 13. The molecule has 0 amide bonds. The molecule has 0 radical (unpaired) electrons. The van der Waals surface area contributed by atoms with Crippen LogP contribution in [-0.2, 0) is 0 Å². The van der Waals surface area contributed by atoms with Gasteiger partial charge in [-0.15, -0.1) is 0 Å². The van der Waals surface area contributed by atoms with Crippen LogP contribution in [0.25, 0.3) is 11.4 Å². The Morgan fingerprint density at radius 2 is 1.34 bits per heavy atom. The minimum Gasteiger partial charge on any atom is -0.236 e. The first-order valence-corrected chi connectivity index (χ1v) is 16.0. The highest BCUT2D eigenvalue weighted by molar-refractivity contribution is 5.55. The van der Waals surface area contributed by atoms with Gasteiger partial charge in [-0.3, -0.25) is 0 Å². The second-order valence-electron chi connectivity index (χ2n) is 12.5. The molecule has 3 nitrogen and oxygen atoms in total. The number of aromatic nitrogens is 2. The molecule has 2 aliphatic rings. The molecule has 2 saturated carbocycles. The number of hydrogen-bond acceptors (Lipinski definition) is 3. The van der Waals surface area contributed by atoms with E-state index in [9.17, 15) is 5.26 Å². The van der Waals surface area contributed by atoms with Crippen molar-refractivity contribution in [2.75, 3.05) is 0 Å². The predicted octanol–water partition coefficient (Wildman–Crippen LogP) is 10.5. The molecule has 0 unspecified atom stereocenters. The van der Waals surface area contributed by atoms with Crippen LogP contribution in [0.2, 0.25) is 0 Å². The highest BCUT2D eigenvalue weighted by atomic mass is 14.9. The van der Waals surface area contributed by atoms with Crippen molar-refractivity contribution in [1.82, 2.24) is 9.97 Å². The molecule has 0 saturated heterocycles. The van der Waals surface area contributed by atoms with E-state index >= 15 is 0 Å². The van der Waals surface area contributed by atoms with E-state index in [-0.39, 0.29) is 5.41 Å². The summed E-state index contributed by atoms with van der Waals surface area (Å²) >= 11 is 0. The molecule has 1 aromatic heterocycles. The van der Waals surface area contributed by atoms with Crippen LogP contribution in [0.3, 0.4) is 0 Å². The van der Waals surface area contributed by atoms with Crippen molar-refractivity contribution in [3.63, 3.8) is 0 Å². The van der Waals surface area contributed by atoms with E-state index in [2.05, 4.69) is 56.6 Å². The maximum absolute atomic E-state index is 9.87. The molecule has 2 aromatic rings. The minimum atomic E-state index is -0.0747. The summed E-state index contributed by atoms with van der Waals surface area (Å²) in [6.45, 7) is 4.53. The Morgan fingerprint density at radius 3 is 1.97 bits per heavy atom. The fourth-order valence-corrected chi connectivity index (χ4v) is 7.06. The summed E-state index contributed by atoms with van der Waals surface area (Å²) in [6.07, 6.45) is 27.0. The van der Waals surface area contributed by atoms with Crippen LogP contribution in [0, 0.1) is 22.7 Å². The smallest absolute Gasteiger partial charge is 0.159 e. The lowest BCUT2D eigenvalue weighted by molar-refractivity contribution is 0.223. The lowest BCUT2D eigenvalue weighted by Gasteiger charge is -2.35. The monoisotopic (exact) mass is 513 g/mol. The van der Waals surface area contributed by atoms with Crippen LogP contribution in [-0.4, -0.2) is 9.97 Å². The van der Waals surface area contributed by atoms with E-state index < -0.39 is 0 Å². The van der Waals surface area contributed by atoms with Crippen LogP contribution in [0.1, 0.15) is 152 Å². The molecule has 0 spiro atoms. The third-order valence-corrected chi connectivity index (χ3v) is 9.78. The average Bonchev–Trinajstić information content (AvgIpc) is 2.98. The molecular formula is C35H51N3. The zero-order valence-corrected chi connectivity index (χ0v) is 24.3. The van der Waals surface area contributed by atoms with Gasteiger partial charge in [-0.2, -0.15) is 5.26 Å². The quantitative estimate of drug-likeness (QED) is 0.250. The molecule has 2 fully saturated rings. The van der Waals surface area contributed by atoms with Gasteiger partial charge < -0.3 is 0 Å². The number of unbranched alkanes of at least 4 members (excludes halogenated alkanes) is 6. The number of nitriles is 1. The largest absolute Gasteiger partial charge is 0.236 e. The maximum Gasteiger partial charge on any atom is 0.159 e. The number of nitrogens with zero attached hydrogens (tertiary/aromatic N) is 3. The van der Waals surface area contributed by atoms with Crippen LogP contribution >= 0.6 is 0 Å². The molecule has 3 heteroatoms. The lowest BCUT2D eigenvalue weighted by atomic mass is 9.67. The number of hydrogen-bond donors (Lipinski definition) is 0. The van der Waals surface area contributed by atoms with E-state index in [0.717, 1.165) is 49.4 Å². The predicted molar refractivity (Wildman–Crippen MR) is 159 cm³/mol. The zero-order chi connectivity index (χ0) is 26.6. The Labute approximate surface area is 232 Å². The van der Waals surface area contributed by atoms with E-state index in [4.69, 9.17) is 9.97 Å². The van der Waals surface area contributed by atoms with Crippen molar-refractivity contribution >= 4 is 0 Å². The Kier molecular flexibility index (Phi) is 11.2. The van der Waals surface area contributed by atoms with Crippen LogP contribution in [0.4, 0.5) is 0 Å². The second kappa shape index (κ2) is 14.8. The third-order valence-electron chi connectivity index (χ3n) is 9.78. The van der Waals surface area contributed by atoms with E-state index in [0.29, 0.717) is 11.8 Å². The topological polar surface area (TPSA) is 49.6 Å². The standard InChI is InChI=1S/C35H51N3/c1-3-5-7-8-9-11-28-12-14-30(15-13-28)33-25-37-34(38-26-33)32-18-16-29(17-19-32)31-20-23-35(27-36,24-21-31)22-10-6-4-2/h16-19,25-26,28,30-31H,3-15,20-24H2,1-2H3/t28-,30-,31-,35-. The average molecular weight is 514 g/mol. The van der Waals surface area contributed by atoms with Gasteiger partial charge >= 0.3 is 0 Å². The second-order valence-corrected chi connectivity index (χ2v) is 12.5. The van der Waals surface area contributed by atoms with Gasteiger partial charge in [0.05, 0.1) is 11.5 Å². The maximum atomic E-state index is 9.87. The molecule has 2 aliphatic carbocycles. The molecule has 0 atom stereocenters. The molecule has 0 aliphatic heterocycles. The van der Waals surface area contributed by atoms with Gasteiger partial charge in [-0.25, -0.2) is 9.97 Å². The lowest BCUT2D eigenvalue weighted by Crippen LogP contribution is -2.25. The first-order valence-electron chi connectivity index (χ1n) is 16.0. The summed E-state index contributed by atoms with van der Waals surface area (Å²) in [5.74, 6) is 2.99. The van der Waals surface area contributed by atoms with Crippen LogP contribution in [0.5, 0.6) is 0 Å². The minimum absolute atomic E-state index is 0.0747. The van der Waals surface area contributed by atoms with Crippen LogP contribution in [0.15, 0.2) is 36.7 Å². The van der Waals surface area contributed by atoms with Gasteiger partial charge in [0, 0.05) is 18.0 Å². The third kappa shape index (κ3) is 7.91. The Morgan fingerprint density at radius 1 is 0.737 bits per heavy atom. The van der Waals surface area contributed by atoms with E-state index in [1.54, 1.807) is 0 Å². The van der Waals surface area contributed by atoms with Crippen molar-refractivity contribution in [3.05, 3.63) is 47.8 Å². The molecule has 1 heterocycles. The Bertz CT molecular complexity index is 971. The first kappa shape index (κ1) is 28.8. The van der Waals surface area contributed by atoms with Crippen molar-refractivity contribution in [2.24, 2.45) is 11.3 Å². The van der Waals surface area contributed by atoms with Gasteiger partial charge in [0.25, 0.3) is 0 Å². The van der Waals surface area contributed by atoms with Gasteiger partial charge in [-0.05, 0) is 86.7 Å². The highest BCUT2D eigenvalue weighted by Crippen LogP contribution is 2.46. The van der Waals surface area contributed by atoms with Crippen LogP contribution < -0.4 is 0 Å². The molecule has 4 rings (SSSR count). The summed E-state index contributed by atoms with van der Waals surface area (Å²) in [5, 5.41) is 9.87. The molecule has 38 heavy (non-hydrogen) atoms. The molecule has 0 bridgehead atoms. The van der Waals surface area contributed by atoms with Gasteiger partial charge in [0.1, 0.15) is 0 Å². The first-order chi connectivity index (χ1) is 18.7. The molecular weight excluding hydrogens is 462 g/mol. The zero-order valence-electron chi connectivity index (χ0n) is 24.3. The van der Waals surface area contributed by atoms with Crippen molar-refractivity contribution < 1.29 is 0 Å². The Hall–Kier alpha value is -2.21. The SMILES string of the molecule is CCCCCCC[C@H]1CC[C@H](c2cnc(-c3ccc([C@H]4CC[C@@](C#N)(CCCCC)CC4)cc3)nc2)CC1. The van der Waals surface area contributed by atoms with Gasteiger partial charge in [0.2, 0.25) is 0 Å². The molecule has 0 N–H and O–H groups in total. The molecule has 1 aromatic carbocycles. The summed E-state index contributed by atoms with van der Waals surface area (Å²) in [5.41, 5.74) is 3.77. The summed E-state index contributed by atoms with van der Waals surface area (Å²) in [4.78, 5) is 9.56. The fourth-order valence-electron chi connectivity index (χ4n) is 7.06. The normalized spacial score (nSPS) is 25.7. The molecule has 206 valence electrons. The van der Waals surface area contributed by atoms with E-state index in [1.165, 1.54) is 94.6 Å². The summed E-state index contributed by atoms with van der Waals surface area (Å²) < 4.78 is 0. The van der Waals surface area contributed by atoms with Gasteiger partial charge in [0.15, 0.2) is 5.82 Å². The van der Waals surface area contributed by atoms with Crippen molar-refractivity contribution in [2.45, 2.75) is 141 Å². The van der Waals surface area contributed by atoms with E-state index in [1.807, 2.05) is 0 Å². The number of benzene rings is 1. The fraction of sp³-hybridized carbons (Fsp3) is 0.686. The highest BCUT2D eigenvalue weighted by Gasteiger charge is 2.35. The summed E-state index contributed by atoms with van der Waals surface area (Å²) in [7, 11) is 0. The summed E-state index contributed by atoms with van der Waals surface area (Å²) in [6, 6.07) is 11.7. The van der Waals surface area contributed by atoms with Gasteiger partial charge in [-0.1, -0.05) is 95.9 Å². The van der Waals surface area contributed by atoms with Crippen molar-refractivity contribution in [1.29, 1.82) is 5.26 Å². The Balaban J connectivity index is 1.24. The van der Waals surface area contributed by atoms with Crippen molar-refractivity contribution in [3.8, 4) is 17.5 Å².